The number of aryl methyl sites for hydroxylation is 2. The fraction of sp³-hybridized carbons (Fsp3) is 0.611. The zero-order valence-corrected chi connectivity index (χ0v) is 13.0. The van der Waals surface area contributed by atoms with Crippen LogP contribution in [0.4, 0.5) is 0 Å². The molecule has 112 valence electrons. The van der Waals surface area contributed by atoms with E-state index in [0.717, 1.165) is 30.1 Å². The third-order valence-corrected chi connectivity index (χ3v) is 5.54. The van der Waals surface area contributed by atoms with E-state index in [1.807, 2.05) is 6.07 Å². The fourth-order valence-electron chi connectivity index (χ4n) is 4.74. The molecule has 1 aromatic rings. The van der Waals surface area contributed by atoms with Crippen molar-refractivity contribution in [2.45, 2.75) is 32.7 Å². The van der Waals surface area contributed by atoms with Crippen LogP contribution >= 0.6 is 0 Å². The summed E-state index contributed by atoms with van der Waals surface area (Å²) in [5.41, 5.74) is 3.24. The molecule has 0 spiro atoms. The minimum absolute atomic E-state index is 0.256. The summed E-state index contributed by atoms with van der Waals surface area (Å²) in [6.45, 7) is 8.65. The summed E-state index contributed by atoms with van der Waals surface area (Å²) in [5, 5.41) is 0. The molecule has 4 atom stereocenters. The van der Waals surface area contributed by atoms with Crippen molar-refractivity contribution in [2.75, 3.05) is 26.2 Å². The number of carbonyl (C=O) groups is 1. The first-order valence-corrected chi connectivity index (χ1v) is 8.20. The van der Waals surface area contributed by atoms with Gasteiger partial charge in [-0.1, -0.05) is 17.7 Å². The van der Waals surface area contributed by atoms with Crippen LogP contribution in [0.1, 0.15) is 34.3 Å². The maximum absolute atomic E-state index is 13.1. The Kier molecular flexibility index (Phi) is 3.07. The molecule has 4 fully saturated rings. The van der Waals surface area contributed by atoms with E-state index in [1.165, 1.54) is 31.5 Å². The van der Waals surface area contributed by atoms with E-state index in [9.17, 15) is 4.79 Å². The minimum atomic E-state index is 0.256. The van der Waals surface area contributed by atoms with Crippen molar-refractivity contribution >= 4 is 5.91 Å². The number of hydrogen-bond acceptors (Lipinski definition) is 2. The van der Waals surface area contributed by atoms with Gasteiger partial charge in [-0.05, 0) is 50.2 Å². The van der Waals surface area contributed by atoms with Crippen molar-refractivity contribution in [1.82, 2.24) is 9.80 Å². The molecule has 4 bridgehead atoms. The van der Waals surface area contributed by atoms with Gasteiger partial charge >= 0.3 is 0 Å². The van der Waals surface area contributed by atoms with Crippen LogP contribution < -0.4 is 0 Å². The van der Waals surface area contributed by atoms with Crippen molar-refractivity contribution in [3.05, 3.63) is 34.9 Å². The van der Waals surface area contributed by atoms with Crippen LogP contribution in [0.3, 0.4) is 0 Å². The van der Waals surface area contributed by atoms with Gasteiger partial charge in [0.05, 0.1) is 0 Å². The molecule has 4 aliphatic rings. The van der Waals surface area contributed by atoms with Crippen molar-refractivity contribution < 1.29 is 4.79 Å². The Balaban J connectivity index is 1.65. The van der Waals surface area contributed by atoms with Crippen molar-refractivity contribution in [2.24, 2.45) is 11.8 Å². The molecule has 1 amide bonds. The molecule has 0 radical (unpaired) electrons. The van der Waals surface area contributed by atoms with Crippen molar-refractivity contribution in [3.63, 3.8) is 0 Å². The molecule has 0 aromatic heterocycles. The summed E-state index contributed by atoms with van der Waals surface area (Å²) < 4.78 is 0. The largest absolute Gasteiger partial charge is 0.334 e. The minimum Gasteiger partial charge on any atom is -0.334 e. The number of nitrogens with zero attached hydrogens (tertiary/aromatic N) is 2. The lowest BCUT2D eigenvalue weighted by molar-refractivity contribution is 0.0573. The van der Waals surface area contributed by atoms with Gasteiger partial charge in [0.2, 0.25) is 0 Å². The van der Waals surface area contributed by atoms with Crippen molar-refractivity contribution in [3.8, 4) is 0 Å². The highest BCUT2D eigenvalue weighted by molar-refractivity contribution is 5.96. The number of carbonyl (C=O) groups excluding carboxylic acids is 1. The molecule has 0 aliphatic carbocycles. The fourth-order valence-corrected chi connectivity index (χ4v) is 4.74. The van der Waals surface area contributed by atoms with Gasteiger partial charge in [0, 0.05) is 37.8 Å². The summed E-state index contributed by atoms with van der Waals surface area (Å²) in [4.78, 5) is 17.8. The van der Waals surface area contributed by atoms with E-state index in [-0.39, 0.29) is 5.91 Å². The molecule has 4 unspecified atom stereocenters. The Hall–Kier alpha value is -1.35. The second-order valence-electron chi connectivity index (χ2n) is 7.35. The van der Waals surface area contributed by atoms with Crippen molar-refractivity contribution in [1.29, 1.82) is 0 Å². The van der Waals surface area contributed by atoms with Crippen LogP contribution in [-0.2, 0) is 0 Å². The molecule has 4 aliphatic heterocycles. The van der Waals surface area contributed by atoms with Crippen LogP contribution in [0.2, 0.25) is 0 Å². The second kappa shape index (κ2) is 4.84. The first-order valence-electron chi connectivity index (χ1n) is 8.20. The third kappa shape index (κ3) is 2.28. The predicted octanol–water partition coefficient (Wildman–Crippen LogP) is 2.47. The summed E-state index contributed by atoms with van der Waals surface area (Å²) in [6, 6.07) is 6.64. The molecule has 4 heterocycles. The molecular weight excluding hydrogens is 260 g/mol. The Labute approximate surface area is 126 Å². The topological polar surface area (TPSA) is 23.6 Å². The van der Waals surface area contributed by atoms with E-state index in [1.54, 1.807) is 0 Å². The first-order chi connectivity index (χ1) is 10.1. The average Bonchev–Trinajstić information content (AvgIpc) is 2.62. The molecule has 21 heavy (non-hydrogen) atoms. The molecule has 3 heteroatoms. The Morgan fingerprint density at radius 1 is 1.05 bits per heavy atom. The molecular formula is C18H24N2O. The van der Waals surface area contributed by atoms with Gasteiger partial charge < -0.3 is 9.80 Å². The van der Waals surface area contributed by atoms with E-state index in [2.05, 4.69) is 35.8 Å². The Morgan fingerprint density at radius 2 is 1.86 bits per heavy atom. The van der Waals surface area contributed by atoms with Crippen LogP contribution in [0.5, 0.6) is 0 Å². The van der Waals surface area contributed by atoms with E-state index in [0.29, 0.717) is 12.0 Å². The molecule has 0 saturated carbocycles. The molecule has 4 saturated heterocycles. The van der Waals surface area contributed by atoms with Crippen LogP contribution in [0.25, 0.3) is 0 Å². The number of fused-ring (bicyclic) bond motifs is 1. The Bertz CT molecular complexity index is 569. The summed E-state index contributed by atoms with van der Waals surface area (Å²) >= 11 is 0. The smallest absolute Gasteiger partial charge is 0.254 e. The van der Waals surface area contributed by atoms with E-state index < -0.39 is 0 Å². The van der Waals surface area contributed by atoms with Crippen LogP contribution in [-0.4, -0.2) is 47.9 Å². The van der Waals surface area contributed by atoms with Gasteiger partial charge in [0.1, 0.15) is 0 Å². The zero-order valence-electron chi connectivity index (χ0n) is 13.0. The number of amides is 1. The van der Waals surface area contributed by atoms with E-state index >= 15 is 0 Å². The predicted molar refractivity (Wildman–Crippen MR) is 83.4 cm³/mol. The summed E-state index contributed by atoms with van der Waals surface area (Å²) in [7, 11) is 0. The second-order valence-corrected chi connectivity index (χ2v) is 7.35. The van der Waals surface area contributed by atoms with Gasteiger partial charge in [-0.3, -0.25) is 4.79 Å². The summed E-state index contributed by atoms with van der Waals surface area (Å²) in [6.07, 6.45) is 2.54. The SMILES string of the molecule is Cc1ccc(C(=O)N2CC3CC4CC2CN(C4)C3)c(C)c1. The van der Waals surface area contributed by atoms with E-state index in [4.69, 9.17) is 0 Å². The number of piperidine rings is 2. The highest BCUT2D eigenvalue weighted by Crippen LogP contribution is 2.37. The normalized spacial score (nSPS) is 34.1. The zero-order chi connectivity index (χ0) is 14.6. The van der Waals surface area contributed by atoms with Gasteiger partial charge in [-0.15, -0.1) is 0 Å². The van der Waals surface area contributed by atoms with Gasteiger partial charge in [-0.25, -0.2) is 0 Å². The number of hydrogen-bond donors (Lipinski definition) is 0. The number of rotatable bonds is 1. The Morgan fingerprint density at radius 3 is 2.62 bits per heavy atom. The lowest BCUT2D eigenvalue weighted by atomic mass is 9.84. The quantitative estimate of drug-likeness (QED) is 0.791. The van der Waals surface area contributed by atoms with Gasteiger partial charge in [0.15, 0.2) is 0 Å². The van der Waals surface area contributed by atoms with Gasteiger partial charge in [0.25, 0.3) is 5.91 Å². The lowest BCUT2D eigenvalue weighted by Crippen LogP contribution is -2.50. The molecule has 5 rings (SSSR count). The highest BCUT2D eigenvalue weighted by Gasteiger charge is 2.43. The lowest BCUT2D eigenvalue weighted by Gasteiger charge is -2.41. The molecule has 3 nitrogen and oxygen atoms in total. The van der Waals surface area contributed by atoms with Gasteiger partial charge in [-0.2, -0.15) is 0 Å². The summed E-state index contributed by atoms with van der Waals surface area (Å²) in [5.74, 6) is 1.76. The molecule has 0 N–H and O–H groups in total. The maximum atomic E-state index is 13.1. The first kappa shape index (κ1) is 13.3. The third-order valence-electron chi connectivity index (χ3n) is 5.54. The highest BCUT2D eigenvalue weighted by atomic mass is 16.2. The number of benzene rings is 1. The van der Waals surface area contributed by atoms with Crippen LogP contribution in [0.15, 0.2) is 18.2 Å². The maximum Gasteiger partial charge on any atom is 0.254 e. The monoisotopic (exact) mass is 284 g/mol. The average molecular weight is 284 g/mol. The standard InChI is InChI=1S/C18H24N2O/c1-12-3-4-17(13(2)5-12)18(21)20-10-15-6-14-7-16(20)11-19(8-14)9-15/h3-5,14-16H,6-11H2,1-2H3. The molecule has 1 aromatic carbocycles. The van der Waals surface area contributed by atoms with Crippen LogP contribution in [0, 0.1) is 25.7 Å².